The van der Waals surface area contributed by atoms with Crippen molar-refractivity contribution in [2.45, 2.75) is 20.3 Å². The number of nitrogens with zero attached hydrogens (tertiary/aromatic N) is 3. The SMILES string of the molecule is CCOCCCN(CC(C)C(=O)O)C(=O)c1nccnc1N. The number of carbonyl (C=O) groups is 2. The van der Waals surface area contributed by atoms with Crippen molar-refractivity contribution in [2.24, 2.45) is 5.92 Å². The number of aliphatic carboxylic acids is 1. The van der Waals surface area contributed by atoms with Crippen molar-refractivity contribution < 1.29 is 19.4 Å². The van der Waals surface area contributed by atoms with Gasteiger partial charge in [0.2, 0.25) is 0 Å². The Morgan fingerprint density at radius 3 is 2.68 bits per heavy atom. The van der Waals surface area contributed by atoms with Crippen LogP contribution >= 0.6 is 0 Å². The maximum absolute atomic E-state index is 12.5. The summed E-state index contributed by atoms with van der Waals surface area (Å²) in [5.41, 5.74) is 5.70. The van der Waals surface area contributed by atoms with Crippen molar-refractivity contribution >= 4 is 17.7 Å². The molecule has 0 fully saturated rings. The molecule has 0 saturated heterocycles. The van der Waals surface area contributed by atoms with E-state index in [-0.39, 0.29) is 18.1 Å². The summed E-state index contributed by atoms with van der Waals surface area (Å²) < 4.78 is 5.24. The predicted molar refractivity (Wildman–Crippen MR) is 80.3 cm³/mol. The van der Waals surface area contributed by atoms with E-state index >= 15 is 0 Å². The van der Waals surface area contributed by atoms with Crippen LogP contribution in [0.15, 0.2) is 12.4 Å². The van der Waals surface area contributed by atoms with E-state index in [1.54, 1.807) is 6.92 Å². The van der Waals surface area contributed by atoms with E-state index in [1.807, 2.05) is 6.92 Å². The van der Waals surface area contributed by atoms with Crippen molar-refractivity contribution in [1.29, 1.82) is 0 Å². The number of carbonyl (C=O) groups excluding carboxylic acids is 1. The summed E-state index contributed by atoms with van der Waals surface area (Å²) in [5, 5.41) is 9.03. The molecule has 0 aliphatic carbocycles. The molecule has 0 radical (unpaired) electrons. The summed E-state index contributed by atoms with van der Waals surface area (Å²) in [7, 11) is 0. The topological polar surface area (TPSA) is 119 Å². The predicted octanol–water partition coefficient (Wildman–Crippen LogP) is 0.648. The zero-order chi connectivity index (χ0) is 16.5. The van der Waals surface area contributed by atoms with Gasteiger partial charge < -0.3 is 20.5 Å². The van der Waals surface area contributed by atoms with Crippen LogP contribution < -0.4 is 5.73 Å². The maximum Gasteiger partial charge on any atom is 0.308 e. The average Bonchev–Trinajstić information content (AvgIpc) is 2.49. The molecule has 0 spiro atoms. The first-order valence-corrected chi connectivity index (χ1v) is 7.13. The molecule has 0 aliphatic heterocycles. The van der Waals surface area contributed by atoms with Gasteiger partial charge in [-0.3, -0.25) is 9.59 Å². The van der Waals surface area contributed by atoms with Crippen LogP contribution in [-0.4, -0.2) is 58.2 Å². The summed E-state index contributed by atoms with van der Waals surface area (Å²) in [6, 6.07) is 0. The molecule has 8 heteroatoms. The molecule has 1 rings (SSSR count). The summed E-state index contributed by atoms with van der Waals surface area (Å²) in [5.74, 6) is -2.04. The van der Waals surface area contributed by atoms with Crippen molar-refractivity contribution in [1.82, 2.24) is 14.9 Å². The second-order valence-electron chi connectivity index (χ2n) is 4.83. The van der Waals surface area contributed by atoms with Gasteiger partial charge in [-0.05, 0) is 13.3 Å². The molecule has 0 aromatic carbocycles. The highest BCUT2D eigenvalue weighted by Gasteiger charge is 2.24. The monoisotopic (exact) mass is 310 g/mol. The van der Waals surface area contributed by atoms with Crippen LogP contribution in [0.2, 0.25) is 0 Å². The van der Waals surface area contributed by atoms with Gasteiger partial charge in [-0.15, -0.1) is 0 Å². The summed E-state index contributed by atoms with van der Waals surface area (Å²) in [6.07, 6.45) is 3.38. The van der Waals surface area contributed by atoms with Crippen LogP contribution in [0.1, 0.15) is 30.8 Å². The molecular formula is C14H22N4O4. The Morgan fingerprint density at radius 2 is 2.09 bits per heavy atom. The Hall–Kier alpha value is -2.22. The lowest BCUT2D eigenvalue weighted by molar-refractivity contribution is -0.141. The maximum atomic E-state index is 12.5. The highest BCUT2D eigenvalue weighted by molar-refractivity contribution is 5.96. The highest BCUT2D eigenvalue weighted by Crippen LogP contribution is 2.11. The smallest absolute Gasteiger partial charge is 0.308 e. The van der Waals surface area contributed by atoms with Crippen LogP contribution in [0.5, 0.6) is 0 Å². The number of amides is 1. The van der Waals surface area contributed by atoms with Gasteiger partial charge in [0.05, 0.1) is 5.92 Å². The minimum absolute atomic E-state index is 0.0327. The first-order valence-electron chi connectivity index (χ1n) is 7.13. The van der Waals surface area contributed by atoms with Crippen LogP contribution in [-0.2, 0) is 9.53 Å². The molecule has 122 valence electrons. The number of carboxylic acids is 1. The second kappa shape index (κ2) is 8.93. The quantitative estimate of drug-likeness (QED) is 0.643. The van der Waals surface area contributed by atoms with E-state index in [1.165, 1.54) is 17.3 Å². The summed E-state index contributed by atoms with van der Waals surface area (Å²) in [4.78, 5) is 32.7. The number of nitrogens with two attached hydrogens (primary N) is 1. The summed E-state index contributed by atoms with van der Waals surface area (Å²) >= 11 is 0. The number of aromatic nitrogens is 2. The van der Waals surface area contributed by atoms with Gasteiger partial charge in [-0.25, -0.2) is 9.97 Å². The minimum Gasteiger partial charge on any atom is -0.481 e. The normalized spacial score (nSPS) is 11.9. The van der Waals surface area contributed by atoms with Crippen molar-refractivity contribution in [3.8, 4) is 0 Å². The van der Waals surface area contributed by atoms with Gasteiger partial charge >= 0.3 is 5.97 Å². The molecule has 1 atom stereocenters. The molecule has 1 unspecified atom stereocenters. The Balaban J connectivity index is 2.81. The van der Waals surface area contributed by atoms with Gasteiger partial charge in [-0.2, -0.15) is 0 Å². The number of anilines is 1. The molecule has 1 aromatic heterocycles. The van der Waals surface area contributed by atoms with Gasteiger partial charge in [0.1, 0.15) is 0 Å². The molecule has 0 aliphatic rings. The van der Waals surface area contributed by atoms with Crippen molar-refractivity contribution in [3.63, 3.8) is 0 Å². The van der Waals surface area contributed by atoms with E-state index < -0.39 is 17.8 Å². The van der Waals surface area contributed by atoms with Crippen LogP contribution in [0.4, 0.5) is 5.82 Å². The average molecular weight is 310 g/mol. The summed E-state index contributed by atoms with van der Waals surface area (Å²) in [6.45, 7) is 4.97. The first kappa shape index (κ1) is 17.8. The Morgan fingerprint density at radius 1 is 1.41 bits per heavy atom. The lowest BCUT2D eigenvalue weighted by Gasteiger charge is -2.24. The molecule has 0 bridgehead atoms. The van der Waals surface area contributed by atoms with E-state index in [0.29, 0.717) is 26.2 Å². The molecule has 1 aromatic rings. The first-order chi connectivity index (χ1) is 10.5. The lowest BCUT2D eigenvalue weighted by Crippen LogP contribution is -2.38. The molecule has 1 amide bonds. The third-order valence-electron chi connectivity index (χ3n) is 3.05. The number of hydrogen-bond acceptors (Lipinski definition) is 6. The van der Waals surface area contributed by atoms with Crippen LogP contribution in [0, 0.1) is 5.92 Å². The molecule has 22 heavy (non-hydrogen) atoms. The van der Waals surface area contributed by atoms with Gasteiger partial charge in [-0.1, -0.05) is 6.92 Å². The van der Waals surface area contributed by atoms with Crippen LogP contribution in [0.25, 0.3) is 0 Å². The molecule has 1 heterocycles. The second-order valence-corrected chi connectivity index (χ2v) is 4.83. The fourth-order valence-corrected chi connectivity index (χ4v) is 1.85. The van der Waals surface area contributed by atoms with Gasteiger partial charge in [0.15, 0.2) is 11.5 Å². The Bertz CT molecular complexity index is 509. The number of hydrogen-bond donors (Lipinski definition) is 2. The molecule has 3 N–H and O–H groups in total. The number of carboxylic acid groups (broad SMARTS) is 1. The highest BCUT2D eigenvalue weighted by atomic mass is 16.5. The Labute approximate surface area is 129 Å². The zero-order valence-electron chi connectivity index (χ0n) is 12.9. The van der Waals surface area contributed by atoms with Gasteiger partial charge in [0, 0.05) is 38.7 Å². The number of ether oxygens (including phenoxy) is 1. The van der Waals surface area contributed by atoms with Gasteiger partial charge in [0.25, 0.3) is 5.91 Å². The molecule has 0 saturated carbocycles. The third kappa shape index (κ3) is 5.28. The fourth-order valence-electron chi connectivity index (χ4n) is 1.85. The third-order valence-corrected chi connectivity index (χ3v) is 3.05. The number of rotatable bonds is 9. The van der Waals surface area contributed by atoms with E-state index in [9.17, 15) is 9.59 Å². The van der Waals surface area contributed by atoms with E-state index in [4.69, 9.17) is 15.6 Å². The zero-order valence-corrected chi connectivity index (χ0v) is 12.9. The molecular weight excluding hydrogens is 288 g/mol. The van der Waals surface area contributed by atoms with E-state index in [0.717, 1.165) is 0 Å². The fraction of sp³-hybridized carbons (Fsp3) is 0.571. The van der Waals surface area contributed by atoms with Crippen molar-refractivity contribution in [3.05, 3.63) is 18.1 Å². The van der Waals surface area contributed by atoms with E-state index in [2.05, 4.69) is 9.97 Å². The standard InChI is InChI=1S/C14H22N4O4/c1-3-22-8-4-7-18(9-10(2)14(20)21)13(19)11-12(15)17-6-5-16-11/h5-6,10H,3-4,7-9H2,1-2H3,(H2,15,17)(H,20,21). The lowest BCUT2D eigenvalue weighted by atomic mass is 10.1. The Kier molecular flexibility index (Phi) is 7.24. The minimum atomic E-state index is -0.963. The largest absolute Gasteiger partial charge is 0.481 e. The van der Waals surface area contributed by atoms with Crippen molar-refractivity contribution in [2.75, 3.05) is 32.0 Å². The van der Waals surface area contributed by atoms with Crippen LogP contribution in [0.3, 0.4) is 0 Å². The number of nitrogen functional groups attached to an aromatic ring is 1. The molecule has 8 nitrogen and oxygen atoms in total.